The van der Waals surface area contributed by atoms with Crippen molar-refractivity contribution in [2.45, 2.75) is 38.1 Å². The van der Waals surface area contributed by atoms with Crippen molar-refractivity contribution in [1.82, 2.24) is 20.0 Å². The van der Waals surface area contributed by atoms with E-state index in [1.54, 1.807) is 0 Å². The lowest BCUT2D eigenvalue weighted by molar-refractivity contribution is -0.137. The lowest BCUT2D eigenvalue weighted by Crippen LogP contribution is -2.55. The fourth-order valence-corrected chi connectivity index (χ4v) is 3.58. The van der Waals surface area contributed by atoms with Crippen molar-refractivity contribution in [3.8, 4) is 0 Å². The molecule has 3 aliphatic heterocycles. The highest BCUT2D eigenvalue weighted by Crippen LogP contribution is 2.13. The molecule has 1 unspecified atom stereocenters. The van der Waals surface area contributed by atoms with Crippen LogP contribution in [-0.4, -0.2) is 84.3 Å². The summed E-state index contributed by atoms with van der Waals surface area (Å²) >= 11 is 0. The van der Waals surface area contributed by atoms with Gasteiger partial charge in [0.2, 0.25) is 17.7 Å². The Labute approximate surface area is 137 Å². The SMILES string of the molecule is O=C1CCC(C(=O)N2CCN(CC(=O)N3CCCCC3)CC2)N1. The van der Waals surface area contributed by atoms with Gasteiger partial charge in [-0.1, -0.05) is 0 Å². The smallest absolute Gasteiger partial charge is 0.245 e. The number of hydrogen-bond donors (Lipinski definition) is 1. The Kier molecular flexibility index (Phi) is 5.15. The van der Waals surface area contributed by atoms with Gasteiger partial charge in [0.15, 0.2) is 0 Å². The molecular formula is C16H26N4O3. The van der Waals surface area contributed by atoms with Gasteiger partial charge in [-0.25, -0.2) is 0 Å². The number of carbonyl (C=O) groups is 3. The molecule has 1 atom stereocenters. The van der Waals surface area contributed by atoms with Crippen molar-refractivity contribution in [1.29, 1.82) is 0 Å². The molecule has 0 aliphatic carbocycles. The molecule has 7 heteroatoms. The number of likely N-dealkylation sites (tertiary alicyclic amines) is 1. The van der Waals surface area contributed by atoms with Crippen LogP contribution in [0.25, 0.3) is 0 Å². The monoisotopic (exact) mass is 322 g/mol. The number of rotatable bonds is 3. The first kappa shape index (κ1) is 16.2. The summed E-state index contributed by atoms with van der Waals surface area (Å²) in [6, 6.07) is -0.343. The number of nitrogens with zero attached hydrogens (tertiary/aromatic N) is 3. The first-order chi connectivity index (χ1) is 11.1. The summed E-state index contributed by atoms with van der Waals surface area (Å²) in [5.41, 5.74) is 0. The second kappa shape index (κ2) is 7.29. The van der Waals surface area contributed by atoms with Crippen molar-refractivity contribution in [2.24, 2.45) is 0 Å². The van der Waals surface area contributed by atoms with E-state index in [1.807, 2.05) is 9.80 Å². The normalized spacial score (nSPS) is 26.3. The lowest BCUT2D eigenvalue weighted by atomic mass is 10.1. The molecule has 3 heterocycles. The van der Waals surface area contributed by atoms with Crippen LogP contribution < -0.4 is 5.32 Å². The molecule has 3 aliphatic rings. The van der Waals surface area contributed by atoms with E-state index in [0.717, 1.165) is 39.0 Å². The first-order valence-corrected chi connectivity index (χ1v) is 8.72. The predicted octanol–water partition coefficient (Wildman–Crippen LogP) is -0.578. The highest BCUT2D eigenvalue weighted by atomic mass is 16.2. The van der Waals surface area contributed by atoms with Crippen LogP contribution in [-0.2, 0) is 14.4 Å². The third-order valence-electron chi connectivity index (χ3n) is 5.04. The number of piperazine rings is 1. The minimum Gasteiger partial charge on any atom is -0.344 e. The molecule has 0 saturated carbocycles. The molecule has 3 amide bonds. The summed E-state index contributed by atoms with van der Waals surface area (Å²) in [5.74, 6) is 0.208. The fraction of sp³-hybridized carbons (Fsp3) is 0.812. The van der Waals surface area contributed by atoms with Crippen LogP contribution in [0.2, 0.25) is 0 Å². The van der Waals surface area contributed by atoms with E-state index in [1.165, 1.54) is 6.42 Å². The molecule has 3 fully saturated rings. The van der Waals surface area contributed by atoms with Gasteiger partial charge in [0.05, 0.1) is 6.54 Å². The van der Waals surface area contributed by atoms with Gasteiger partial charge in [-0.05, 0) is 25.7 Å². The molecular weight excluding hydrogens is 296 g/mol. The number of nitrogens with one attached hydrogen (secondary N) is 1. The highest BCUT2D eigenvalue weighted by Gasteiger charge is 2.32. The Bertz CT molecular complexity index is 468. The van der Waals surface area contributed by atoms with Gasteiger partial charge in [0.25, 0.3) is 0 Å². The summed E-state index contributed by atoms with van der Waals surface area (Å²) in [6.45, 7) is 4.97. The Balaban J connectivity index is 1.42. The van der Waals surface area contributed by atoms with Gasteiger partial charge >= 0.3 is 0 Å². The zero-order valence-corrected chi connectivity index (χ0v) is 13.6. The van der Waals surface area contributed by atoms with Crippen molar-refractivity contribution >= 4 is 17.7 Å². The van der Waals surface area contributed by atoms with Gasteiger partial charge < -0.3 is 15.1 Å². The van der Waals surface area contributed by atoms with Gasteiger partial charge in [-0.3, -0.25) is 19.3 Å². The van der Waals surface area contributed by atoms with Crippen molar-refractivity contribution < 1.29 is 14.4 Å². The van der Waals surface area contributed by atoms with Crippen molar-refractivity contribution in [2.75, 3.05) is 45.8 Å². The summed E-state index contributed by atoms with van der Waals surface area (Å²) in [7, 11) is 0. The van der Waals surface area contributed by atoms with Crippen molar-refractivity contribution in [3.05, 3.63) is 0 Å². The maximum absolute atomic E-state index is 12.3. The summed E-state index contributed by atoms with van der Waals surface area (Å²) in [6.07, 6.45) is 4.50. The topological polar surface area (TPSA) is 73.0 Å². The van der Waals surface area contributed by atoms with Gasteiger partial charge in [-0.2, -0.15) is 0 Å². The van der Waals surface area contributed by atoms with E-state index in [-0.39, 0.29) is 23.8 Å². The van der Waals surface area contributed by atoms with E-state index < -0.39 is 0 Å². The van der Waals surface area contributed by atoms with Crippen LogP contribution in [0.15, 0.2) is 0 Å². The Hall–Kier alpha value is -1.63. The summed E-state index contributed by atoms with van der Waals surface area (Å²) in [5, 5.41) is 2.73. The quantitative estimate of drug-likeness (QED) is 0.755. The molecule has 0 radical (unpaired) electrons. The van der Waals surface area contributed by atoms with Crippen LogP contribution in [0.3, 0.4) is 0 Å². The van der Waals surface area contributed by atoms with E-state index in [0.29, 0.717) is 32.5 Å². The summed E-state index contributed by atoms with van der Waals surface area (Å²) < 4.78 is 0. The largest absolute Gasteiger partial charge is 0.344 e. The number of piperidine rings is 1. The Morgan fingerprint density at radius 3 is 2.26 bits per heavy atom. The number of amides is 3. The predicted molar refractivity (Wildman–Crippen MR) is 84.6 cm³/mol. The number of carbonyl (C=O) groups excluding carboxylic acids is 3. The Morgan fingerprint density at radius 2 is 1.65 bits per heavy atom. The second-order valence-corrected chi connectivity index (χ2v) is 6.70. The molecule has 128 valence electrons. The third kappa shape index (κ3) is 4.02. The van der Waals surface area contributed by atoms with E-state index in [4.69, 9.17) is 0 Å². The molecule has 0 aromatic heterocycles. The van der Waals surface area contributed by atoms with Crippen LogP contribution in [0, 0.1) is 0 Å². The highest BCUT2D eigenvalue weighted by molar-refractivity contribution is 5.90. The van der Waals surface area contributed by atoms with Crippen LogP contribution >= 0.6 is 0 Å². The summed E-state index contributed by atoms with van der Waals surface area (Å²) in [4.78, 5) is 41.8. The molecule has 0 aromatic rings. The minimum absolute atomic E-state index is 0.0258. The standard InChI is InChI=1S/C16H26N4O3/c21-14-5-4-13(17-14)16(23)20-10-8-18(9-11-20)12-15(22)19-6-2-1-3-7-19/h13H,1-12H2,(H,17,21). The van der Waals surface area contributed by atoms with Gasteiger partial charge in [-0.15, -0.1) is 0 Å². The minimum atomic E-state index is -0.343. The lowest BCUT2D eigenvalue weighted by Gasteiger charge is -2.36. The molecule has 0 aromatic carbocycles. The van der Waals surface area contributed by atoms with E-state index >= 15 is 0 Å². The van der Waals surface area contributed by atoms with Crippen LogP contribution in [0.1, 0.15) is 32.1 Å². The average molecular weight is 322 g/mol. The Morgan fingerprint density at radius 1 is 0.957 bits per heavy atom. The molecule has 0 bridgehead atoms. The zero-order chi connectivity index (χ0) is 16.2. The number of hydrogen-bond acceptors (Lipinski definition) is 4. The molecule has 0 spiro atoms. The zero-order valence-electron chi connectivity index (χ0n) is 13.6. The molecule has 1 N–H and O–H groups in total. The maximum atomic E-state index is 12.3. The maximum Gasteiger partial charge on any atom is 0.245 e. The molecule has 23 heavy (non-hydrogen) atoms. The van der Waals surface area contributed by atoms with Crippen LogP contribution in [0.5, 0.6) is 0 Å². The van der Waals surface area contributed by atoms with Gasteiger partial charge in [0, 0.05) is 45.7 Å². The second-order valence-electron chi connectivity index (χ2n) is 6.70. The van der Waals surface area contributed by atoms with Crippen LogP contribution in [0.4, 0.5) is 0 Å². The molecule has 7 nitrogen and oxygen atoms in total. The average Bonchev–Trinajstić information content (AvgIpc) is 3.02. The molecule has 3 rings (SSSR count). The van der Waals surface area contributed by atoms with Crippen molar-refractivity contribution in [3.63, 3.8) is 0 Å². The fourth-order valence-electron chi connectivity index (χ4n) is 3.58. The van der Waals surface area contributed by atoms with E-state index in [2.05, 4.69) is 10.2 Å². The molecule has 3 saturated heterocycles. The first-order valence-electron chi connectivity index (χ1n) is 8.72. The van der Waals surface area contributed by atoms with Gasteiger partial charge in [0.1, 0.15) is 6.04 Å². The van der Waals surface area contributed by atoms with E-state index in [9.17, 15) is 14.4 Å². The third-order valence-corrected chi connectivity index (χ3v) is 5.04.